The van der Waals surface area contributed by atoms with Crippen molar-refractivity contribution in [1.82, 2.24) is 4.57 Å². The average molecular weight is 271 g/mol. The maximum atomic E-state index is 3.46. The highest BCUT2D eigenvalue weighted by Crippen LogP contribution is 2.50. The predicted molar refractivity (Wildman–Crippen MR) is 49.8 cm³/mol. The molecular weight excluding hydrogens is 265 g/mol. The van der Waals surface area contributed by atoms with E-state index in [1.54, 1.807) is 0 Å². The minimum Gasteiger partial charge on any atom is -0.357 e. The van der Waals surface area contributed by atoms with Gasteiger partial charge in [-0.1, -0.05) is 0 Å². The molecule has 1 nitrogen and oxygen atoms in total. The molecule has 0 unspecified atom stereocenters. The van der Waals surface area contributed by atoms with Crippen molar-refractivity contribution in [2.24, 2.45) is 7.05 Å². The van der Waals surface area contributed by atoms with E-state index in [1.807, 2.05) is 17.8 Å². The molecule has 0 aliphatic rings. The van der Waals surface area contributed by atoms with Crippen LogP contribution in [0.4, 0.5) is 0 Å². The van der Waals surface area contributed by atoms with Crippen LogP contribution in [0.3, 0.4) is 0 Å². The van der Waals surface area contributed by atoms with Crippen LogP contribution in [-0.2, 0) is 7.05 Å². The van der Waals surface area contributed by atoms with E-state index < -0.39 is 0 Å². The molecule has 0 amide bonds. The van der Waals surface area contributed by atoms with E-state index >= 15 is 0 Å². The molecule has 1 heterocycles. The van der Waals surface area contributed by atoms with Gasteiger partial charge in [0.25, 0.3) is 0 Å². The normalized spacial score (nSPS) is 10.7. The molecule has 0 saturated carbocycles. The molecule has 1 aromatic rings. The van der Waals surface area contributed by atoms with Crippen LogP contribution >= 0.6 is 36.3 Å². The molecule has 0 aliphatic carbocycles. The van der Waals surface area contributed by atoms with E-state index in [1.165, 1.54) is 5.30 Å². The summed E-state index contributed by atoms with van der Waals surface area (Å²) in [6.07, 6.45) is 4.13. The van der Waals surface area contributed by atoms with E-state index in [-0.39, 0.29) is 5.33 Å². The second-order valence-electron chi connectivity index (χ2n) is 1.77. The van der Waals surface area contributed by atoms with Crippen LogP contribution < -0.4 is 5.30 Å². The highest BCUT2D eigenvalue weighted by molar-refractivity contribution is 9.70. The van der Waals surface area contributed by atoms with Gasteiger partial charge in [-0.2, -0.15) is 0 Å². The summed E-state index contributed by atoms with van der Waals surface area (Å²) in [7, 11) is 2.02. The Morgan fingerprint density at radius 2 is 2.22 bits per heavy atom. The lowest BCUT2D eigenvalue weighted by atomic mass is 10.7. The zero-order valence-corrected chi connectivity index (χ0v) is 8.95. The molecule has 0 aromatic carbocycles. The monoisotopic (exact) mass is 269 g/mol. The van der Waals surface area contributed by atoms with Gasteiger partial charge in [0, 0.05) is 24.7 Å². The van der Waals surface area contributed by atoms with Crippen molar-refractivity contribution >= 4 is 41.6 Å². The van der Waals surface area contributed by atoms with Crippen LogP contribution in [0, 0.1) is 0 Å². The van der Waals surface area contributed by atoms with E-state index in [4.69, 9.17) is 0 Å². The van der Waals surface area contributed by atoms with Crippen LogP contribution in [-0.4, -0.2) is 4.57 Å². The Labute approximate surface area is 71.7 Å². The SMILES string of the molecule is Cn1ccc(P(Br)Br)c1. The second kappa shape index (κ2) is 3.18. The molecule has 0 fully saturated rings. The van der Waals surface area contributed by atoms with Gasteiger partial charge in [-0.05, 0) is 37.0 Å². The Bertz CT molecular complexity index is 197. The smallest absolute Gasteiger partial charge is 0.0669 e. The molecule has 0 aliphatic heterocycles. The van der Waals surface area contributed by atoms with Crippen molar-refractivity contribution in [2.75, 3.05) is 0 Å². The van der Waals surface area contributed by atoms with Gasteiger partial charge >= 0.3 is 0 Å². The van der Waals surface area contributed by atoms with Gasteiger partial charge < -0.3 is 4.57 Å². The first kappa shape index (κ1) is 7.77. The van der Waals surface area contributed by atoms with E-state index in [0.717, 1.165) is 0 Å². The number of aromatic nitrogens is 1. The summed E-state index contributed by atoms with van der Waals surface area (Å²) in [5, 5.41) is 1.04. The van der Waals surface area contributed by atoms with E-state index in [0.29, 0.717) is 0 Å². The van der Waals surface area contributed by atoms with Crippen molar-refractivity contribution in [1.29, 1.82) is 0 Å². The Hall–Kier alpha value is 0.670. The third kappa shape index (κ3) is 2.06. The summed E-state index contributed by atoms with van der Waals surface area (Å²) >= 11 is 6.93. The molecular formula is C5H6Br2NP. The third-order valence-electron chi connectivity index (χ3n) is 1.01. The van der Waals surface area contributed by atoms with Crippen LogP contribution in [0.1, 0.15) is 0 Å². The Morgan fingerprint density at radius 1 is 1.56 bits per heavy atom. The fourth-order valence-corrected chi connectivity index (χ4v) is 2.30. The minimum atomic E-state index is -0.271. The lowest BCUT2D eigenvalue weighted by Gasteiger charge is -1.92. The van der Waals surface area contributed by atoms with Crippen molar-refractivity contribution in [3.63, 3.8) is 0 Å². The summed E-state index contributed by atoms with van der Waals surface area (Å²) in [5.41, 5.74) is 0. The molecule has 0 N–H and O–H groups in total. The number of halogens is 2. The number of nitrogens with zero attached hydrogens (tertiary/aromatic N) is 1. The molecule has 4 heteroatoms. The van der Waals surface area contributed by atoms with Crippen LogP contribution in [0.2, 0.25) is 0 Å². The highest BCUT2D eigenvalue weighted by Gasteiger charge is 2.01. The van der Waals surface area contributed by atoms with Gasteiger partial charge in [0.05, 0.1) is 5.33 Å². The summed E-state index contributed by atoms with van der Waals surface area (Å²) in [4.78, 5) is 0. The number of hydrogen-bond donors (Lipinski definition) is 0. The van der Waals surface area contributed by atoms with Gasteiger partial charge in [0.15, 0.2) is 0 Å². The molecule has 0 radical (unpaired) electrons. The Morgan fingerprint density at radius 3 is 2.44 bits per heavy atom. The number of aryl methyl sites for hydroxylation is 1. The van der Waals surface area contributed by atoms with Crippen molar-refractivity contribution < 1.29 is 0 Å². The zero-order valence-electron chi connectivity index (χ0n) is 4.88. The summed E-state index contributed by atoms with van der Waals surface area (Å²) in [6, 6.07) is 2.09. The number of hydrogen-bond acceptors (Lipinski definition) is 0. The molecule has 0 bridgehead atoms. The van der Waals surface area contributed by atoms with Crippen molar-refractivity contribution in [2.45, 2.75) is 0 Å². The quantitative estimate of drug-likeness (QED) is 0.692. The second-order valence-corrected chi connectivity index (χ2v) is 9.86. The van der Waals surface area contributed by atoms with E-state index in [9.17, 15) is 0 Å². The lowest BCUT2D eigenvalue weighted by molar-refractivity contribution is 0.930. The van der Waals surface area contributed by atoms with Crippen LogP contribution in [0.5, 0.6) is 0 Å². The van der Waals surface area contributed by atoms with Gasteiger partial charge in [0.2, 0.25) is 0 Å². The van der Waals surface area contributed by atoms with Crippen LogP contribution in [0.15, 0.2) is 18.5 Å². The molecule has 50 valence electrons. The van der Waals surface area contributed by atoms with Gasteiger partial charge in [-0.3, -0.25) is 0 Å². The van der Waals surface area contributed by atoms with E-state index in [2.05, 4.69) is 43.2 Å². The van der Waals surface area contributed by atoms with Crippen molar-refractivity contribution in [3.8, 4) is 0 Å². The summed E-state index contributed by atoms with van der Waals surface area (Å²) in [5.74, 6) is 0. The molecule has 9 heavy (non-hydrogen) atoms. The third-order valence-corrected chi connectivity index (χ3v) is 4.12. The fraction of sp³-hybridized carbons (Fsp3) is 0.200. The molecule has 1 aromatic heterocycles. The predicted octanol–water partition coefficient (Wildman–Crippen LogP) is 2.75. The summed E-state index contributed by atoms with van der Waals surface area (Å²) in [6.45, 7) is 0. The molecule has 0 spiro atoms. The first-order chi connectivity index (χ1) is 4.20. The summed E-state index contributed by atoms with van der Waals surface area (Å²) < 4.78 is 2.03. The largest absolute Gasteiger partial charge is 0.357 e. The standard InChI is InChI=1S/C5H6Br2NP/c1-8-3-2-5(4-8)9(6)7/h2-4H,1H3. The van der Waals surface area contributed by atoms with Gasteiger partial charge in [-0.15, -0.1) is 0 Å². The van der Waals surface area contributed by atoms with Crippen molar-refractivity contribution in [3.05, 3.63) is 18.5 Å². The Balaban J connectivity index is 2.85. The topological polar surface area (TPSA) is 4.93 Å². The van der Waals surface area contributed by atoms with Crippen LogP contribution in [0.25, 0.3) is 0 Å². The Kier molecular flexibility index (Phi) is 2.74. The minimum absolute atomic E-state index is 0.271. The molecule has 0 atom stereocenters. The molecule has 0 saturated heterocycles. The first-order valence-electron chi connectivity index (χ1n) is 2.44. The number of rotatable bonds is 1. The average Bonchev–Trinajstić information content (AvgIpc) is 2.14. The maximum absolute atomic E-state index is 3.46. The first-order valence-corrected chi connectivity index (χ1v) is 7.81. The maximum Gasteiger partial charge on any atom is 0.0669 e. The zero-order chi connectivity index (χ0) is 6.85. The lowest BCUT2D eigenvalue weighted by Crippen LogP contribution is -1.88. The van der Waals surface area contributed by atoms with Gasteiger partial charge in [-0.25, -0.2) is 0 Å². The molecule has 1 rings (SSSR count). The fourth-order valence-electron chi connectivity index (χ4n) is 0.589. The highest BCUT2D eigenvalue weighted by atomic mass is 79.9. The van der Waals surface area contributed by atoms with Gasteiger partial charge in [0.1, 0.15) is 0 Å².